The van der Waals surface area contributed by atoms with Crippen LogP contribution in [0.3, 0.4) is 0 Å². The third-order valence-corrected chi connectivity index (χ3v) is 4.94. The SMILES string of the molecule is CC(C)CSCCCN=C(N)NC1CCOc2ccccc21. The fraction of sp³-hybridized carbons (Fsp3) is 0.588. The van der Waals surface area contributed by atoms with Crippen molar-refractivity contribution in [2.45, 2.75) is 32.7 Å². The number of nitrogens with zero attached hydrogens (tertiary/aromatic N) is 1. The Kier molecular flexibility index (Phi) is 6.90. The lowest BCUT2D eigenvalue weighted by Gasteiger charge is -2.26. The maximum Gasteiger partial charge on any atom is 0.189 e. The summed E-state index contributed by atoms with van der Waals surface area (Å²) in [5.41, 5.74) is 7.18. The topological polar surface area (TPSA) is 59.6 Å². The van der Waals surface area contributed by atoms with Gasteiger partial charge in [-0.05, 0) is 29.9 Å². The third-order valence-electron chi connectivity index (χ3n) is 3.46. The molecule has 1 unspecified atom stereocenters. The van der Waals surface area contributed by atoms with E-state index < -0.39 is 0 Å². The van der Waals surface area contributed by atoms with E-state index in [1.54, 1.807) is 0 Å². The van der Waals surface area contributed by atoms with Gasteiger partial charge < -0.3 is 15.8 Å². The molecule has 5 heteroatoms. The second-order valence-corrected chi connectivity index (χ2v) is 7.11. The molecule has 1 aromatic rings. The smallest absolute Gasteiger partial charge is 0.189 e. The van der Waals surface area contributed by atoms with Gasteiger partial charge in [-0.15, -0.1) is 0 Å². The monoisotopic (exact) mass is 321 g/mol. The van der Waals surface area contributed by atoms with Gasteiger partial charge >= 0.3 is 0 Å². The number of nitrogens with two attached hydrogens (primary N) is 1. The number of benzene rings is 1. The van der Waals surface area contributed by atoms with Crippen molar-refractivity contribution >= 4 is 17.7 Å². The number of aliphatic imine (C=N–C) groups is 1. The lowest BCUT2D eigenvalue weighted by molar-refractivity contribution is 0.262. The van der Waals surface area contributed by atoms with E-state index >= 15 is 0 Å². The summed E-state index contributed by atoms with van der Waals surface area (Å²) in [6.07, 6.45) is 1.99. The first kappa shape index (κ1) is 17.0. The molecule has 0 fully saturated rings. The number of guanidine groups is 1. The van der Waals surface area contributed by atoms with Crippen molar-refractivity contribution in [1.29, 1.82) is 0 Å². The molecule has 122 valence electrons. The molecule has 22 heavy (non-hydrogen) atoms. The molecule has 3 N–H and O–H groups in total. The number of hydrogen-bond acceptors (Lipinski definition) is 3. The highest BCUT2D eigenvalue weighted by Gasteiger charge is 2.20. The Bertz CT molecular complexity index is 491. The predicted octanol–water partition coefficient (Wildman–Crippen LogP) is 3.19. The lowest BCUT2D eigenvalue weighted by atomic mass is 10.0. The Balaban J connectivity index is 1.75. The van der Waals surface area contributed by atoms with Gasteiger partial charge in [0.1, 0.15) is 5.75 Å². The molecular weight excluding hydrogens is 294 g/mol. The average molecular weight is 321 g/mol. The fourth-order valence-corrected chi connectivity index (χ4v) is 3.37. The summed E-state index contributed by atoms with van der Waals surface area (Å²) in [6, 6.07) is 8.31. The summed E-state index contributed by atoms with van der Waals surface area (Å²) >= 11 is 1.99. The normalized spacial score (nSPS) is 18.0. The van der Waals surface area contributed by atoms with Crippen molar-refractivity contribution in [1.82, 2.24) is 5.32 Å². The third kappa shape index (κ3) is 5.44. The van der Waals surface area contributed by atoms with Crippen molar-refractivity contribution in [3.05, 3.63) is 29.8 Å². The van der Waals surface area contributed by atoms with Crippen LogP contribution in [0.25, 0.3) is 0 Å². The second-order valence-electron chi connectivity index (χ2n) is 5.96. The summed E-state index contributed by atoms with van der Waals surface area (Å²) in [6.45, 7) is 6.00. The Labute approximate surface area is 137 Å². The standard InChI is InChI=1S/C17H27N3OS/c1-13(2)12-22-11-5-9-19-17(18)20-15-8-10-21-16-7-4-3-6-14(15)16/h3-4,6-7,13,15H,5,8-12H2,1-2H3,(H3,18,19,20). The van der Waals surface area contributed by atoms with Crippen molar-refractivity contribution in [3.63, 3.8) is 0 Å². The summed E-state index contributed by atoms with van der Waals surface area (Å²) in [5, 5.41) is 3.33. The van der Waals surface area contributed by atoms with Crippen LogP contribution in [0.1, 0.15) is 38.3 Å². The van der Waals surface area contributed by atoms with Crippen molar-refractivity contribution in [2.24, 2.45) is 16.6 Å². The van der Waals surface area contributed by atoms with Gasteiger partial charge in [0.2, 0.25) is 0 Å². The molecule has 0 aliphatic carbocycles. The molecule has 1 heterocycles. The number of thioether (sulfide) groups is 1. The molecule has 0 saturated carbocycles. The first-order valence-electron chi connectivity index (χ1n) is 8.02. The van der Waals surface area contributed by atoms with Gasteiger partial charge in [0.25, 0.3) is 0 Å². The number of nitrogens with one attached hydrogen (secondary N) is 1. The van der Waals surface area contributed by atoms with Crippen LogP contribution in [-0.4, -0.2) is 30.6 Å². The van der Waals surface area contributed by atoms with E-state index in [0.717, 1.165) is 36.8 Å². The number of rotatable bonds is 7. The maximum atomic E-state index is 6.02. The Hall–Kier alpha value is -1.36. The molecule has 0 bridgehead atoms. The number of ether oxygens (including phenoxy) is 1. The van der Waals surface area contributed by atoms with Crippen LogP contribution in [0.2, 0.25) is 0 Å². The van der Waals surface area contributed by atoms with Crippen molar-refractivity contribution in [3.8, 4) is 5.75 Å². The quantitative estimate of drug-likeness (QED) is 0.460. The van der Waals surface area contributed by atoms with Gasteiger partial charge in [-0.25, -0.2) is 0 Å². The Morgan fingerprint density at radius 1 is 1.45 bits per heavy atom. The van der Waals surface area contributed by atoms with Crippen LogP contribution in [0, 0.1) is 5.92 Å². The zero-order chi connectivity index (χ0) is 15.8. The zero-order valence-electron chi connectivity index (χ0n) is 13.5. The van der Waals surface area contributed by atoms with Crippen LogP contribution < -0.4 is 15.8 Å². The van der Waals surface area contributed by atoms with Crippen LogP contribution in [0.15, 0.2) is 29.3 Å². The van der Waals surface area contributed by atoms with Crippen LogP contribution in [0.4, 0.5) is 0 Å². The molecular formula is C17H27N3OS. The summed E-state index contributed by atoms with van der Waals surface area (Å²) in [5.74, 6) is 4.61. The largest absolute Gasteiger partial charge is 0.493 e. The molecule has 0 spiro atoms. The van der Waals surface area contributed by atoms with Crippen molar-refractivity contribution in [2.75, 3.05) is 24.7 Å². The van der Waals surface area contributed by atoms with E-state index in [4.69, 9.17) is 10.5 Å². The Morgan fingerprint density at radius 3 is 3.09 bits per heavy atom. The molecule has 0 aromatic heterocycles. The summed E-state index contributed by atoms with van der Waals surface area (Å²) < 4.78 is 5.66. The minimum Gasteiger partial charge on any atom is -0.493 e. The minimum absolute atomic E-state index is 0.198. The van der Waals surface area contributed by atoms with E-state index in [9.17, 15) is 0 Å². The first-order valence-corrected chi connectivity index (χ1v) is 9.18. The van der Waals surface area contributed by atoms with Gasteiger partial charge in [0.05, 0.1) is 12.6 Å². The van der Waals surface area contributed by atoms with E-state index in [-0.39, 0.29) is 6.04 Å². The minimum atomic E-state index is 0.198. The van der Waals surface area contributed by atoms with Gasteiger partial charge in [-0.2, -0.15) is 11.8 Å². The van der Waals surface area contributed by atoms with Crippen LogP contribution >= 0.6 is 11.8 Å². The average Bonchev–Trinajstić information content (AvgIpc) is 2.51. The van der Waals surface area contributed by atoms with Gasteiger partial charge in [0, 0.05) is 18.5 Å². The summed E-state index contributed by atoms with van der Waals surface area (Å²) in [7, 11) is 0. The van der Waals surface area contributed by atoms with E-state index in [0.29, 0.717) is 12.6 Å². The molecule has 4 nitrogen and oxygen atoms in total. The van der Waals surface area contributed by atoms with Gasteiger partial charge in [-0.1, -0.05) is 32.0 Å². The highest BCUT2D eigenvalue weighted by Crippen LogP contribution is 2.31. The fourth-order valence-electron chi connectivity index (χ4n) is 2.40. The molecule has 1 atom stereocenters. The van der Waals surface area contributed by atoms with Gasteiger partial charge in [0.15, 0.2) is 5.96 Å². The first-order chi connectivity index (χ1) is 10.7. The summed E-state index contributed by atoms with van der Waals surface area (Å²) in [4.78, 5) is 4.44. The highest BCUT2D eigenvalue weighted by molar-refractivity contribution is 7.99. The van der Waals surface area contributed by atoms with E-state index in [2.05, 4.69) is 30.2 Å². The van der Waals surface area contributed by atoms with Crippen LogP contribution in [-0.2, 0) is 0 Å². The number of para-hydroxylation sites is 1. The Morgan fingerprint density at radius 2 is 2.27 bits per heavy atom. The molecule has 0 radical (unpaired) electrons. The highest BCUT2D eigenvalue weighted by atomic mass is 32.2. The van der Waals surface area contributed by atoms with Crippen LogP contribution in [0.5, 0.6) is 5.75 Å². The molecule has 2 rings (SSSR count). The van der Waals surface area contributed by atoms with Gasteiger partial charge in [-0.3, -0.25) is 4.99 Å². The zero-order valence-corrected chi connectivity index (χ0v) is 14.4. The molecule has 0 amide bonds. The van der Waals surface area contributed by atoms with Crippen molar-refractivity contribution < 1.29 is 4.74 Å². The van der Waals surface area contributed by atoms with E-state index in [1.807, 2.05) is 30.0 Å². The lowest BCUT2D eigenvalue weighted by Crippen LogP contribution is -2.37. The predicted molar refractivity (Wildman–Crippen MR) is 95.7 cm³/mol. The molecule has 1 aliphatic rings. The number of fused-ring (bicyclic) bond motifs is 1. The second kappa shape index (κ2) is 8.93. The maximum absolute atomic E-state index is 6.02. The molecule has 1 aromatic carbocycles. The molecule has 0 saturated heterocycles. The number of hydrogen-bond donors (Lipinski definition) is 2. The van der Waals surface area contributed by atoms with E-state index in [1.165, 1.54) is 11.3 Å². The molecule has 1 aliphatic heterocycles.